The van der Waals surface area contributed by atoms with E-state index >= 15 is 0 Å². The standard InChI is InChI=1S/C12H15N3/c1-9-12(15-8-14-9)11-5-3-2-4-10(11)6-7-13/h2-5,8H,6-7,13H2,1H3,(H,14,15). The van der Waals surface area contributed by atoms with Crippen molar-refractivity contribution in [2.75, 3.05) is 6.54 Å². The predicted octanol–water partition coefficient (Wildman–Crippen LogP) is 1.89. The van der Waals surface area contributed by atoms with E-state index < -0.39 is 0 Å². The molecule has 1 aromatic heterocycles. The Hall–Kier alpha value is -1.61. The number of aryl methyl sites for hydroxylation is 1. The number of nitrogens with two attached hydrogens (primary N) is 1. The Morgan fingerprint density at radius 3 is 2.80 bits per heavy atom. The zero-order valence-corrected chi connectivity index (χ0v) is 8.83. The van der Waals surface area contributed by atoms with Crippen LogP contribution in [0.2, 0.25) is 0 Å². The molecule has 0 spiro atoms. The number of imidazole rings is 1. The summed E-state index contributed by atoms with van der Waals surface area (Å²) in [6, 6.07) is 8.27. The average molecular weight is 201 g/mol. The summed E-state index contributed by atoms with van der Waals surface area (Å²) >= 11 is 0. The van der Waals surface area contributed by atoms with E-state index in [0.717, 1.165) is 17.8 Å². The molecular weight excluding hydrogens is 186 g/mol. The molecule has 0 saturated heterocycles. The van der Waals surface area contributed by atoms with E-state index in [1.165, 1.54) is 11.1 Å². The molecule has 0 saturated carbocycles. The molecule has 0 bridgehead atoms. The highest BCUT2D eigenvalue weighted by Crippen LogP contribution is 2.23. The summed E-state index contributed by atoms with van der Waals surface area (Å²) in [5.41, 5.74) is 10.2. The molecule has 3 heteroatoms. The van der Waals surface area contributed by atoms with Gasteiger partial charge in [-0.05, 0) is 25.5 Å². The molecule has 0 amide bonds. The zero-order chi connectivity index (χ0) is 10.7. The summed E-state index contributed by atoms with van der Waals surface area (Å²) in [6.45, 7) is 2.70. The molecule has 1 heterocycles. The maximum Gasteiger partial charge on any atom is 0.0929 e. The minimum atomic E-state index is 0.667. The van der Waals surface area contributed by atoms with Crippen molar-refractivity contribution in [3.05, 3.63) is 41.9 Å². The van der Waals surface area contributed by atoms with Gasteiger partial charge >= 0.3 is 0 Å². The van der Waals surface area contributed by atoms with Gasteiger partial charge in [0.05, 0.1) is 12.0 Å². The fourth-order valence-corrected chi connectivity index (χ4v) is 1.76. The van der Waals surface area contributed by atoms with Gasteiger partial charge in [-0.25, -0.2) is 4.98 Å². The number of aromatic nitrogens is 2. The summed E-state index contributed by atoms with van der Waals surface area (Å²) in [6.07, 6.45) is 2.62. The third kappa shape index (κ3) is 1.92. The molecule has 0 aliphatic carbocycles. The highest BCUT2D eigenvalue weighted by atomic mass is 14.9. The molecule has 0 atom stereocenters. The van der Waals surface area contributed by atoms with Crippen LogP contribution in [-0.4, -0.2) is 16.5 Å². The Morgan fingerprint density at radius 1 is 1.33 bits per heavy atom. The van der Waals surface area contributed by atoms with Crippen LogP contribution in [0.4, 0.5) is 0 Å². The van der Waals surface area contributed by atoms with Crippen LogP contribution in [-0.2, 0) is 6.42 Å². The number of benzene rings is 1. The Bertz CT molecular complexity index is 446. The van der Waals surface area contributed by atoms with Crippen LogP contribution in [0.5, 0.6) is 0 Å². The van der Waals surface area contributed by atoms with E-state index in [1.807, 2.05) is 19.1 Å². The molecule has 3 N–H and O–H groups in total. The van der Waals surface area contributed by atoms with Gasteiger partial charge in [0.1, 0.15) is 0 Å². The predicted molar refractivity (Wildman–Crippen MR) is 61.5 cm³/mol. The fraction of sp³-hybridized carbons (Fsp3) is 0.250. The Labute approximate surface area is 89.4 Å². The van der Waals surface area contributed by atoms with E-state index in [-0.39, 0.29) is 0 Å². The topological polar surface area (TPSA) is 54.7 Å². The third-order valence-electron chi connectivity index (χ3n) is 2.52. The van der Waals surface area contributed by atoms with Gasteiger partial charge in [-0.1, -0.05) is 24.3 Å². The average Bonchev–Trinajstić information content (AvgIpc) is 2.66. The molecule has 0 aliphatic rings. The lowest BCUT2D eigenvalue weighted by molar-refractivity contribution is 0.969. The fourth-order valence-electron chi connectivity index (χ4n) is 1.76. The van der Waals surface area contributed by atoms with Crippen LogP contribution in [0.1, 0.15) is 11.3 Å². The van der Waals surface area contributed by atoms with Crippen molar-refractivity contribution in [1.29, 1.82) is 0 Å². The molecule has 0 unspecified atom stereocenters. The lowest BCUT2D eigenvalue weighted by Crippen LogP contribution is -2.04. The van der Waals surface area contributed by atoms with Crippen molar-refractivity contribution in [1.82, 2.24) is 9.97 Å². The first-order valence-electron chi connectivity index (χ1n) is 5.11. The van der Waals surface area contributed by atoms with Crippen molar-refractivity contribution in [3.63, 3.8) is 0 Å². The van der Waals surface area contributed by atoms with E-state index in [2.05, 4.69) is 22.1 Å². The van der Waals surface area contributed by atoms with Crippen LogP contribution in [0.3, 0.4) is 0 Å². The first-order chi connectivity index (χ1) is 7.33. The van der Waals surface area contributed by atoms with Gasteiger partial charge in [0.15, 0.2) is 0 Å². The second-order valence-electron chi connectivity index (χ2n) is 3.57. The number of H-pyrrole nitrogens is 1. The quantitative estimate of drug-likeness (QED) is 0.796. The van der Waals surface area contributed by atoms with Crippen LogP contribution in [0.15, 0.2) is 30.6 Å². The van der Waals surface area contributed by atoms with Crippen LogP contribution >= 0.6 is 0 Å². The van der Waals surface area contributed by atoms with E-state index in [4.69, 9.17) is 5.73 Å². The zero-order valence-electron chi connectivity index (χ0n) is 8.83. The van der Waals surface area contributed by atoms with Crippen molar-refractivity contribution < 1.29 is 0 Å². The molecule has 0 fully saturated rings. The first kappa shape index (κ1) is 9.93. The number of hydrogen-bond acceptors (Lipinski definition) is 2. The normalized spacial score (nSPS) is 10.5. The number of nitrogens with zero attached hydrogens (tertiary/aromatic N) is 1. The lowest BCUT2D eigenvalue weighted by Gasteiger charge is -2.06. The maximum atomic E-state index is 5.59. The van der Waals surface area contributed by atoms with Gasteiger partial charge in [-0.3, -0.25) is 0 Å². The molecule has 78 valence electrons. The highest BCUT2D eigenvalue weighted by Gasteiger charge is 2.08. The van der Waals surface area contributed by atoms with Crippen LogP contribution < -0.4 is 5.73 Å². The van der Waals surface area contributed by atoms with Gasteiger partial charge in [-0.15, -0.1) is 0 Å². The molecule has 2 rings (SSSR count). The second kappa shape index (κ2) is 4.28. The Balaban J connectivity index is 2.48. The van der Waals surface area contributed by atoms with Gasteiger partial charge in [-0.2, -0.15) is 0 Å². The molecule has 15 heavy (non-hydrogen) atoms. The van der Waals surface area contributed by atoms with Crippen molar-refractivity contribution >= 4 is 0 Å². The number of nitrogens with one attached hydrogen (secondary N) is 1. The highest BCUT2D eigenvalue weighted by molar-refractivity contribution is 5.65. The minimum absolute atomic E-state index is 0.667. The number of aromatic amines is 1. The molecular formula is C12H15N3. The number of hydrogen-bond donors (Lipinski definition) is 2. The SMILES string of the molecule is Cc1[nH]cnc1-c1ccccc1CCN. The van der Waals surface area contributed by atoms with Gasteiger partial charge < -0.3 is 10.7 Å². The van der Waals surface area contributed by atoms with Crippen LogP contribution in [0, 0.1) is 6.92 Å². The van der Waals surface area contributed by atoms with Crippen LogP contribution in [0.25, 0.3) is 11.3 Å². The van der Waals surface area contributed by atoms with Crippen molar-refractivity contribution in [2.45, 2.75) is 13.3 Å². The van der Waals surface area contributed by atoms with Gasteiger partial charge in [0.25, 0.3) is 0 Å². The summed E-state index contributed by atoms with van der Waals surface area (Å²) < 4.78 is 0. The maximum absolute atomic E-state index is 5.59. The smallest absolute Gasteiger partial charge is 0.0929 e. The molecule has 3 nitrogen and oxygen atoms in total. The lowest BCUT2D eigenvalue weighted by atomic mass is 10.0. The Kier molecular flexibility index (Phi) is 2.83. The summed E-state index contributed by atoms with van der Waals surface area (Å²) in [5.74, 6) is 0. The molecule has 0 aliphatic heterocycles. The molecule has 2 aromatic rings. The summed E-state index contributed by atoms with van der Waals surface area (Å²) in [4.78, 5) is 7.43. The van der Waals surface area contributed by atoms with E-state index in [9.17, 15) is 0 Å². The number of rotatable bonds is 3. The minimum Gasteiger partial charge on any atom is -0.348 e. The largest absolute Gasteiger partial charge is 0.348 e. The van der Waals surface area contributed by atoms with E-state index in [1.54, 1.807) is 6.33 Å². The van der Waals surface area contributed by atoms with Crippen molar-refractivity contribution in [2.24, 2.45) is 5.73 Å². The Morgan fingerprint density at radius 2 is 2.13 bits per heavy atom. The molecule has 0 radical (unpaired) electrons. The van der Waals surface area contributed by atoms with E-state index in [0.29, 0.717) is 6.54 Å². The summed E-state index contributed by atoms with van der Waals surface area (Å²) in [5, 5.41) is 0. The molecule has 1 aromatic carbocycles. The van der Waals surface area contributed by atoms with Gasteiger partial charge in [0.2, 0.25) is 0 Å². The summed E-state index contributed by atoms with van der Waals surface area (Å²) in [7, 11) is 0. The first-order valence-corrected chi connectivity index (χ1v) is 5.11. The van der Waals surface area contributed by atoms with Crippen molar-refractivity contribution in [3.8, 4) is 11.3 Å². The monoisotopic (exact) mass is 201 g/mol. The third-order valence-corrected chi connectivity index (χ3v) is 2.52. The second-order valence-corrected chi connectivity index (χ2v) is 3.57. The van der Waals surface area contributed by atoms with Gasteiger partial charge in [0, 0.05) is 11.3 Å².